The summed E-state index contributed by atoms with van der Waals surface area (Å²) in [5, 5.41) is 4.58. The minimum absolute atomic E-state index is 1.27. The van der Waals surface area contributed by atoms with E-state index < -0.39 is 7.26 Å². The normalized spacial score (nSPS) is 12.0. The fourth-order valence-electron chi connectivity index (χ4n) is 3.74. The molecule has 0 heterocycles. The summed E-state index contributed by atoms with van der Waals surface area (Å²) in [5.41, 5.74) is 0. The molecule has 24 heavy (non-hydrogen) atoms. The summed E-state index contributed by atoms with van der Waals surface area (Å²) in [6.07, 6.45) is 5.14. The first-order valence-electron chi connectivity index (χ1n) is 9.04. The van der Waals surface area contributed by atoms with Crippen LogP contribution < -0.4 is 15.9 Å². The van der Waals surface area contributed by atoms with Crippen molar-refractivity contribution in [3.8, 4) is 0 Å². The van der Waals surface area contributed by atoms with Gasteiger partial charge >= 0.3 is 147 Å². The van der Waals surface area contributed by atoms with Crippen LogP contribution >= 0.6 is 7.26 Å². The number of hydrogen-bond donors (Lipinski definition) is 0. The van der Waals surface area contributed by atoms with Gasteiger partial charge in [0.15, 0.2) is 0 Å². The van der Waals surface area contributed by atoms with Crippen LogP contribution in [0.15, 0.2) is 91.0 Å². The van der Waals surface area contributed by atoms with Gasteiger partial charge in [0.1, 0.15) is 0 Å². The Morgan fingerprint density at radius 1 is 0.542 bits per heavy atom. The topological polar surface area (TPSA) is 0 Å². The van der Waals surface area contributed by atoms with Gasteiger partial charge in [0.25, 0.3) is 0 Å². The third-order valence-electron chi connectivity index (χ3n) is 4.96. The summed E-state index contributed by atoms with van der Waals surface area (Å²) in [5.74, 6) is 0. The van der Waals surface area contributed by atoms with E-state index in [0.717, 1.165) is 0 Å². The van der Waals surface area contributed by atoms with Crippen molar-refractivity contribution in [2.75, 3.05) is 6.16 Å². The standard InChI is InChI=1S/C23H27P/c1-2-3-13-20-24(21-14-7-4-8-15-21,22-16-9-5-10-17-22)23-18-11-6-12-19-23/h4-12,14-19,24H,2-3,13,20H2,1H3. The molecule has 0 aliphatic carbocycles. The van der Waals surface area contributed by atoms with E-state index in [9.17, 15) is 0 Å². The molecule has 124 valence electrons. The molecule has 0 N–H and O–H groups in total. The van der Waals surface area contributed by atoms with E-state index in [1.54, 1.807) is 0 Å². The predicted molar refractivity (Wildman–Crippen MR) is 111 cm³/mol. The minimum atomic E-state index is -1.96. The van der Waals surface area contributed by atoms with Crippen LogP contribution in [-0.2, 0) is 0 Å². The van der Waals surface area contributed by atoms with E-state index in [-0.39, 0.29) is 0 Å². The number of rotatable bonds is 7. The molecule has 0 unspecified atom stereocenters. The molecule has 3 aromatic carbocycles. The summed E-state index contributed by atoms with van der Waals surface area (Å²) in [6.45, 7) is 2.29. The third kappa shape index (κ3) is 3.45. The van der Waals surface area contributed by atoms with Gasteiger partial charge in [-0.2, -0.15) is 0 Å². The van der Waals surface area contributed by atoms with Crippen LogP contribution in [0.4, 0.5) is 0 Å². The first-order chi connectivity index (χ1) is 11.9. The Morgan fingerprint density at radius 2 is 0.917 bits per heavy atom. The molecule has 0 bridgehead atoms. The van der Waals surface area contributed by atoms with E-state index in [1.807, 2.05) is 0 Å². The molecule has 0 spiro atoms. The molecular weight excluding hydrogens is 307 g/mol. The molecule has 0 fully saturated rings. The molecule has 0 atom stereocenters. The summed E-state index contributed by atoms with van der Waals surface area (Å²) >= 11 is 0. The SMILES string of the molecule is CCCCC[PH](c1ccccc1)(c1ccccc1)c1ccccc1. The summed E-state index contributed by atoms with van der Waals surface area (Å²) < 4.78 is 0. The van der Waals surface area contributed by atoms with Gasteiger partial charge in [0.05, 0.1) is 0 Å². The van der Waals surface area contributed by atoms with Crippen LogP contribution in [0.2, 0.25) is 0 Å². The number of unbranched alkanes of at least 4 members (excludes halogenated alkanes) is 2. The number of hydrogen-bond acceptors (Lipinski definition) is 0. The van der Waals surface area contributed by atoms with Gasteiger partial charge in [0.2, 0.25) is 0 Å². The summed E-state index contributed by atoms with van der Waals surface area (Å²) in [4.78, 5) is 0. The van der Waals surface area contributed by atoms with Crippen LogP contribution in [0.25, 0.3) is 0 Å². The van der Waals surface area contributed by atoms with E-state index in [0.29, 0.717) is 0 Å². The van der Waals surface area contributed by atoms with Gasteiger partial charge < -0.3 is 0 Å². The number of benzene rings is 3. The maximum atomic E-state index is 2.35. The van der Waals surface area contributed by atoms with Crippen molar-refractivity contribution in [1.82, 2.24) is 0 Å². The molecule has 3 aromatic rings. The van der Waals surface area contributed by atoms with Gasteiger partial charge in [-0.1, -0.05) is 0 Å². The van der Waals surface area contributed by atoms with Crippen LogP contribution in [0.5, 0.6) is 0 Å². The van der Waals surface area contributed by atoms with Crippen LogP contribution in [-0.4, -0.2) is 6.16 Å². The van der Waals surface area contributed by atoms with Crippen LogP contribution in [0.1, 0.15) is 26.2 Å². The molecule has 0 aliphatic heterocycles. The monoisotopic (exact) mass is 334 g/mol. The second kappa shape index (κ2) is 8.27. The van der Waals surface area contributed by atoms with Crippen LogP contribution in [0.3, 0.4) is 0 Å². The van der Waals surface area contributed by atoms with Gasteiger partial charge in [-0.05, 0) is 0 Å². The molecule has 0 aromatic heterocycles. The zero-order valence-corrected chi connectivity index (χ0v) is 15.5. The van der Waals surface area contributed by atoms with Crippen molar-refractivity contribution < 1.29 is 0 Å². The van der Waals surface area contributed by atoms with Gasteiger partial charge in [-0.25, -0.2) is 0 Å². The quantitative estimate of drug-likeness (QED) is 0.426. The Kier molecular flexibility index (Phi) is 5.83. The molecule has 1 heteroatoms. The van der Waals surface area contributed by atoms with Gasteiger partial charge in [-0.15, -0.1) is 0 Å². The van der Waals surface area contributed by atoms with Crippen molar-refractivity contribution in [3.05, 3.63) is 91.0 Å². The van der Waals surface area contributed by atoms with Crippen molar-refractivity contribution >= 4 is 23.2 Å². The first kappa shape index (κ1) is 16.9. The van der Waals surface area contributed by atoms with Crippen LogP contribution in [0, 0.1) is 0 Å². The predicted octanol–water partition coefficient (Wildman–Crippen LogP) is 4.90. The van der Waals surface area contributed by atoms with Gasteiger partial charge in [-0.3, -0.25) is 0 Å². The van der Waals surface area contributed by atoms with E-state index in [4.69, 9.17) is 0 Å². The Hall–Kier alpha value is -1.91. The van der Waals surface area contributed by atoms with Crippen molar-refractivity contribution in [2.45, 2.75) is 26.2 Å². The van der Waals surface area contributed by atoms with Gasteiger partial charge in [0, 0.05) is 0 Å². The summed E-state index contributed by atoms with van der Waals surface area (Å²) in [6, 6.07) is 33.6. The van der Waals surface area contributed by atoms with Crippen molar-refractivity contribution in [2.24, 2.45) is 0 Å². The van der Waals surface area contributed by atoms with Crippen molar-refractivity contribution in [1.29, 1.82) is 0 Å². The second-order valence-electron chi connectivity index (χ2n) is 6.46. The second-order valence-corrected chi connectivity index (χ2v) is 10.5. The molecular formula is C23H27P. The average Bonchev–Trinajstić information content (AvgIpc) is 2.68. The zero-order valence-electron chi connectivity index (χ0n) is 14.5. The zero-order chi connectivity index (χ0) is 16.7. The van der Waals surface area contributed by atoms with E-state index in [1.165, 1.54) is 41.3 Å². The molecule has 0 saturated heterocycles. The Morgan fingerprint density at radius 3 is 1.25 bits per heavy atom. The fraction of sp³-hybridized carbons (Fsp3) is 0.217. The first-order valence-corrected chi connectivity index (χ1v) is 11.2. The van der Waals surface area contributed by atoms with E-state index in [2.05, 4.69) is 97.9 Å². The van der Waals surface area contributed by atoms with E-state index >= 15 is 0 Å². The molecule has 0 radical (unpaired) electrons. The van der Waals surface area contributed by atoms with Crippen molar-refractivity contribution in [3.63, 3.8) is 0 Å². The fourth-order valence-corrected chi connectivity index (χ4v) is 8.67. The Labute approximate surface area is 146 Å². The molecule has 0 aliphatic rings. The molecule has 0 nitrogen and oxygen atoms in total. The molecule has 0 amide bonds. The maximum absolute atomic E-state index is 2.35. The average molecular weight is 334 g/mol. The third-order valence-corrected chi connectivity index (χ3v) is 10.0. The molecule has 3 rings (SSSR count). The summed E-state index contributed by atoms with van der Waals surface area (Å²) in [7, 11) is -1.96. The Bertz CT molecular complexity index is 623. The Balaban J connectivity index is 2.20. The molecule has 0 saturated carbocycles.